The van der Waals surface area contributed by atoms with Gasteiger partial charge >= 0.3 is 0 Å². The smallest absolute Gasteiger partial charge is 0.251 e. The number of ether oxygens (including phenoxy) is 1. The lowest BCUT2D eigenvalue weighted by Crippen LogP contribution is -2.25. The monoisotopic (exact) mass is 369 g/mol. The first-order chi connectivity index (χ1) is 13.1. The van der Waals surface area contributed by atoms with Crippen LogP contribution in [-0.2, 0) is 4.79 Å². The molecule has 2 rings (SSSR count). The van der Waals surface area contributed by atoms with Crippen LogP contribution in [-0.4, -0.2) is 31.5 Å². The van der Waals surface area contributed by atoms with Gasteiger partial charge in [-0.15, -0.1) is 0 Å². The molecule has 2 amide bonds. The van der Waals surface area contributed by atoms with Crippen molar-refractivity contribution in [2.24, 2.45) is 0 Å². The Morgan fingerprint density at radius 3 is 2.48 bits per heavy atom. The minimum atomic E-state index is -0.188. The minimum Gasteiger partial charge on any atom is -0.494 e. The predicted octanol–water partition coefficient (Wildman–Crippen LogP) is 3.67. The molecule has 3 N–H and O–H groups in total. The molecule has 0 unspecified atom stereocenters. The molecule has 0 saturated heterocycles. The third-order valence-corrected chi connectivity index (χ3v) is 3.84. The Morgan fingerprint density at radius 1 is 1.00 bits per heavy atom. The largest absolute Gasteiger partial charge is 0.494 e. The second-order valence-electron chi connectivity index (χ2n) is 6.05. The van der Waals surface area contributed by atoms with Crippen molar-refractivity contribution >= 4 is 23.2 Å². The van der Waals surface area contributed by atoms with Gasteiger partial charge in [0.25, 0.3) is 5.91 Å². The lowest BCUT2D eigenvalue weighted by molar-refractivity contribution is -0.114. The fraction of sp³-hybridized carbons (Fsp3) is 0.333. The molecule has 0 aliphatic rings. The summed E-state index contributed by atoms with van der Waals surface area (Å²) in [7, 11) is 0. The Labute approximate surface area is 160 Å². The molecule has 0 spiro atoms. The summed E-state index contributed by atoms with van der Waals surface area (Å²) in [4.78, 5) is 24.2. The maximum Gasteiger partial charge on any atom is 0.251 e. The van der Waals surface area contributed by atoms with E-state index >= 15 is 0 Å². The average Bonchev–Trinajstić information content (AvgIpc) is 2.68. The third-order valence-electron chi connectivity index (χ3n) is 3.84. The van der Waals surface area contributed by atoms with Gasteiger partial charge in [-0.3, -0.25) is 9.59 Å². The highest BCUT2D eigenvalue weighted by Gasteiger charge is 2.07. The Balaban J connectivity index is 1.84. The summed E-state index contributed by atoms with van der Waals surface area (Å²) >= 11 is 0. The summed E-state index contributed by atoms with van der Waals surface area (Å²) in [5.41, 5.74) is 1.96. The van der Waals surface area contributed by atoms with E-state index < -0.39 is 0 Å². The molecule has 0 aromatic heterocycles. The van der Waals surface area contributed by atoms with E-state index in [9.17, 15) is 9.59 Å². The molecule has 0 atom stereocenters. The summed E-state index contributed by atoms with van der Waals surface area (Å²) in [6.07, 6.45) is 1.97. The molecule has 6 nitrogen and oxygen atoms in total. The lowest BCUT2D eigenvalue weighted by atomic mass is 10.2. The van der Waals surface area contributed by atoms with E-state index in [1.807, 2.05) is 31.2 Å². The van der Waals surface area contributed by atoms with Gasteiger partial charge in [0.2, 0.25) is 5.91 Å². The van der Waals surface area contributed by atoms with Crippen LogP contribution >= 0.6 is 0 Å². The molecular formula is C21H27N3O3. The van der Waals surface area contributed by atoms with Crippen molar-refractivity contribution in [3.63, 3.8) is 0 Å². The highest BCUT2D eigenvalue weighted by atomic mass is 16.5. The van der Waals surface area contributed by atoms with Gasteiger partial charge in [-0.25, -0.2) is 0 Å². The molecule has 0 aliphatic heterocycles. The van der Waals surface area contributed by atoms with Crippen LogP contribution in [0.3, 0.4) is 0 Å². The summed E-state index contributed by atoms with van der Waals surface area (Å²) in [5.74, 6) is 0.473. The first-order valence-electron chi connectivity index (χ1n) is 9.27. The van der Waals surface area contributed by atoms with Gasteiger partial charge in [0.15, 0.2) is 0 Å². The van der Waals surface area contributed by atoms with Gasteiger partial charge in [0.05, 0.1) is 13.2 Å². The molecule has 27 heavy (non-hydrogen) atoms. The second-order valence-corrected chi connectivity index (χ2v) is 6.05. The molecule has 0 aliphatic carbocycles. The van der Waals surface area contributed by atoms with E-state index in [4.69, 9.17) is 4.74 Å². The Hall–Kier alpha value is -3.02. The van der Waals surface area contributed by atoms with Crippen LogP contribution in [0.25, 0.3) is 0 Å². The van der Waals surface area contributed by atoms with Crippen molar-refractivity contribution in [2.45, 2.75) is 26.7 Å². The summed E-state index contributed by atoms with van der Waals surface area (Å²) < 4.78 is 5.39. The van der Waals surface area contributed by atoms with Gasteiger partial charge in [-0.1, -0.05) is 19.4 Å². The molecule has 0 saturated carbocycles. The maximum absolute atomic E-state index is 12.1. The molecule has 0 fully saturated rings. The molecule has 144 valence electrons. The van der Waals surface area contributed by atoms with Gasteiger partial charge < -0.3 is 20.7 Å². The van der Waals surface area contributed by atoms with Crippen molar-refractivity contribution in [1.82, 2.24) is 5.32 Å². The van der Waals surface area contributed by atoms with Crippen molar-refractivity contribution in [2.75, 3.05) is 30.3 Å². The van der Waals surface area contributed by atoms with Gasteiger partial charge in [0, 0.05) is 23.5 Å². The molecule has 0 bridgehead atoms. The van der Waals surface area contributed by atoms with Crippen LogP contribution in [0.1, 0.15) is 37.0 Å². The van der Waals surface area contributed by atoms with E-state index in [1.54, 1.807) is 24.3 Å². The summed E-state index contributed by atoms with van der Waals surface area (Å²) in [6.45, 7) is 5.40. The summed E-state index contributed by atoms with van der Waals surface area (Å²) in [5, 5.41) is 8.73. The zero-order valence-electron chi connectivity index (χ0n) is 15.9. The second kappa shape index (κ2) is 10.9. The number of hydrogen-bond acceptors (Lipinski definition) is 4. The van der Waals surface area contributed by atoms with Crippen LogP contribution in [0.2, 0.25) is 0 Å². The quantitative estimate of drug-likeness (QED) is 0.558. The van der Waals surface area contributed by atoms with Gasteiger partial charge in [0.1, 0.15) is 5.75 Å². The Morgan fingerprint density at radius 2 is 1.78 bits per heavy atom. The van der Waals surface area contributed by atoms with Gasteiger partial charge in [-0.2, -0.15) is 0 Å². The normalized spacial score (nSPS) is 10.1. The molecule has 0 radical (unpaired) electrons. The molecule has 0 heterocycles. The van der Waals surface area contributed by atoms with Crippen molar-refractivity contribution in [1.29, 1.82) is 0 Å². The maximum atomic E-state index is 12.1. The van der Waals surface area contributed by atoms with Crippen LogP contribution in [0.4, 0.5) is 11.4 Å². The van der Waals surface area contributed by atoms with Crippen LogP contribution in [0.5, 0.6) is 5.75 Å². The number of unbranched alkanes of at least 4 members (excludes halogenated alkanes) is 1. The zero-order valence-corrected chi connectivity index (χ0v) is 15.9. The van der Waals surface area contributed by atoms with Crippen LogP contribution < -0.4 is 20.7 Å². The van der Waals surface area contributed by atoms with E-state index in [0.29, 0.717) is 24.4 Å². The Bertz CT molecular complexity index is 745. The highest BCUT2D eigenvalue weighted by molar-refractivity contribution is 5.98. The molecule has 2 aromatic rings. The van der Waals surface area contributed by atoms with Crippen molar-refractivity contribution < 1.29 is 14.3 Å². The van der Waals surface area contributed by atoms with E-state index in [0.717, 1.165) is 24.3 Å². The van der Waals surface area contributed by atoms with Crippen molar-refractivity contribution in [3.05, 3.63) is 54.1 Å². The number of nitrogens with one attached hydrogen (secondary N) is 3. The predicted molar refractivity (Wildman–Crippen MR) is 108 cm³/mol. The number of carbonyl (C=O) groups is 2. The average molecular weight is 369 g/mol. The molecular weight excluding hydrogens is 342 g/mol. The Kier molecular flexibility index (Phi) is 8.16. The van der Waals surface area contributed by atoms with Gasteiger partial charge in [-0.05, 0) is 55.8 Å². The van der Waals surface area contributed by atoms with Crippen LogP contribution in [0.15, 0.2) is 48.5 Å². The standard InChI is InChI=1S/C21H27N3O3/c1-3-5-13-22-21(26)16-7-6-8-18(14-16)24-20(25)15-23-17-9-11-19(12-10-17)27-4-2/h6-12,14,23H,3-5,13,15H2,1-2H3,(H,22,26)(H,24,25). The van der Waals surface area contributed by atoms with Crippen LogP contribution in [0, 0.1) is 0 Å². The SMILES string of the molecule is CCCCNC(=O)c1cccc(NC(=O)CNc2ccc(OCC)cc2)c1. The fourth-order valence-corrected chi connectivity index (χ4v) is 2.44. The highest BCUT2D eigenvalue weighted by Crippen LogP contribution is 2.15. The fourth-order valence-electron chi connectivity index (χ4n) is 2.44. The topological polar surface area (TPSA) is 79.5 Å². The number of carbonyl (C=O) groups excluding carboxylic acids is 2. The first kappa shape index (κ1) is 20.3. The third kappa shape index (κ3) is 7.01. The number of benzene rings is 2. The van der Waals surface area contributed by atoms with E-state index in [-0.39, 0.29) is 18.4 Å². The minimum absolute atomic E-state index is 0.126. The number of amides is 2. The van der Waals surface area contributed by atoms with E-state index in [1.165, 1.54) is 0 Å². The molecule has 2 aromatic carbocycles. The number of anilines is 2. The lowest BCUT2D eigenvalue weighted by Gasteiger charge is -2.10. The molecule has 6 heteroatoms. The van der Waals surface area contributed by atoms with Crippen molar-refractivity contribution in [3.8, 4) is 5.75 Å². The first-order valence-corrected chi connectivity index (χ1v) is 9.27. The van der Waals surface area contributed by atoms with E-state index in [2.05, 4.69) is 22.9 Å². The zero-order chi connectivity index (χ0) is 19.5. The number of rotatable bonds is 10. The number of hydrogen-bond donors (Lipinski definition) is 3. The summed E-state index contributed by atoms with van der Waals surface area (Å²) in [6, 6.07) is 14.3.